The summed E-state index contributed by atoms with van der Waals surface area (Å²) >= 11 is 0. The maximum atomic E-state index is 3.92. The van der Waals surface area contributed by atoms with Crippen LogP contribution in [0.2, 0.25) is 0 Å². The summed E-state index contributed by atoms with van der Waals surface area (Å²) in [6.45, 7) is 10.4. The molecule has 1 heteroatoms. The number of rotatable bonds is 6. The summed E-state index contributed by atoms with van der Waals surface area (Å²) in [5, 5.41) is 3.02. The lowest BCUT2D eigenvalue weighted by molar-refractivity contribution is 0.860. The van der Waals surface area contributed by atoms with Gasteiger partial charge in [0.1, 0.15) is 0 Å². The van der Waals surface area contributed by atoms with Crippen LogP contribution >= 0.6 is 0 Å². The molecular weight excluding hydrogens is 134 g/mol. The lowest BCUT2D eigenvalue weighted by Gasteiger charge is -2.02. The quantitative estimate of drug-likeness (QED) is 0.575. The van der Waals surface area contributed by atoms with Gasteiger partial charge in [0, 0.05) is 6.54 Å². The van der Waals surface area contributed by atoms with Gasteiger partial charge in [-0.3, -0.25) is 0 Å². The third-order valence-electron chi connectivity index (χ3n) is 1.40. The van der Waals surface area contributed by atoms with Crippen LogP contribution in [0.25, 0.3) is 0 Å². The Morgan fingerprint density at radius 3 is 2.82 bits per heavy atom. The van der Waals surface area contributed by atoms with E-state index in [9.17, 15) is 0 Å². The Morgan fingerprint density at radius 1 is 1.55 bits per heavy atom. The third-order valence-corrected chi connectivity index (χ3v) is 1.40. The highest BCUT2D eigenvalue weighted by Crippen LogP contribution is 2.01. The SMILES string of the molecule is C=CNCC(=C)CC/C=C\C. The van der Waals surface area contributed by atoms with Gasteiger partial charge >= 0.3 is 0 Å². The van der Waals surface area contributed by atoms with Gasteiger partial charge in [-0.1, -0.05) is 30.9 Å². The van der Waals surface area contributed by atoms with Gasteiger partial charge in [0.05, 0.1) is 0 Å². The molecule has 0 aromatic heterocycles. The van der Waals surface area contributed by atoms with Gasteiger partial charge in [-0.2, -0.15) is 0 Å². The van der Waals surface area contributed by atoms with Crippen molar-refractivity contribution >= 4 is 0 Å². The third kappa shape index (κ3) is 6.91. The molecule has 0 rings (SSSR count). The van der Waals surface area contributed by atoms with Crippen molar-refractivity contribution in [3.8, 4) is 0 Å². The molecule has 0 spiro atoms. The van der Waals surface area contributed by atoms with Crippen molar-refractivity contribution < 1.29 is 0 Å². The van der Waals surface area contributed by atoms with Crippen molar-refractivity contribution in [2.45, 2.75) is 19.8 Å². The minimum atomic E-state index is 0.848. The predicted octanol–water partition coefficient (Wildman–Crippen LogP) is 2.63. The van der Waals surface area contributed by atoms with E-state index in [2.05, 4.69) is 30.6 Å². The van der Waals surface area contributed by atoms with Gasteiger partial charge < -0.3 is 5.32 Å². The Bertz CT molecular complexity index is 145. The molecule has 0 aliphatic carbocycles. The standard InChI is InChI=1S/C10H17N/c1-4-6-7-8-10(3)9-11-5-2/h4-6,11H,2-3,7-9H2,1H3/b6-4-. The monoisotopic (exact) mass is 151 g/mol. The molecule has 0 amide bonds. The van der Waals surface area contributed by atoms with E-state index in [-0.39, 0.29) is 0 Å². The second-order valence-corrected chi connectivity index (χ2v) is 2.44. The van der Waals surface area contributed by atoms with Crippen LogP contribution in [-0.4, -0.2) is 6.54 Å². The summed E-state index contributed by atoms with van der Waals surface area (Å²) in [5.41, 5.74) is 1.23. The molecule has 0 aromatic rings. The fourth-order valence-corrected chi connectivity index (χ4v) is 0.759. The molecule has 0 heterocycles. The Balaban J connectivity index is 3.29. The molecule has 1 nitrogen and oxygen atoms in total. The van der Waals surface area contributed by atoms with Crippen LogP contribution in [0.3, 0.4) is 0 Å². The number of hydrogen-bond donors (Lipinski definition) is 1. The molecule has 0 bridgehead atoms. The van der Waals surface area contributed by atoms with E-state index in [1.807, 2.05) is 6.92 Å². The van der Waals surface area contributed by atoms with Gasteiger partial charge in [-0.05, 0) is 26.0 Å². The molecule has 0 aliphatic rings. The smallest absolute Gasteiger partial charge is 0.0352 e. The molecule has 62 valence electrons. The maximum Gasteiger partial charge on any atom is 0.0352 e. The zero-order valence-corrected chi connectivity index (χ0v) is 7.27. The molecule has 0 radical (unpaired) electrons. The fraction of sp³-hybridized carbons (Fsp3) is 0.400. The highest BCUT2D eigenvalue weighted by atomic mass is 14.8. The predicted molar refractivity (Wildman–Crippen MR) is 51.4 cm³/mol. The first-order valence-corrected chi connectivity index (χ1v) is 3.93. The van der Waals surface area contributed by atoms with E-state index in [1.165, 1.54) is 5.57 Å². The highest BCUT2D eigenvalue weighted by molar-refractivity contribution is 4.99. The van der Waals surface area contributed by atoms with Crippen LogP contribution in [-0.2, 0) is 0 Å². The highest BCUT2D eigenvalue weighted by Gasteiger charge is 1.89. The Labute approximate surface area is 69.5 Å². The van der Waals surface area contributed by atoms with Crippen molar-refractivity contribution in [2.24, 2.45) is 0 Å². The van der Waals surface area contributed by atoms with Crippen LogP contribution in [0.4, 0.5) is 0 Å². The van der Waals surface area contributed by atoms with Gasteiger partial charge in [-0.25, -0.2) is 0 Å². The van der Waals surface area contributed by atoms with Crippen molar-refractivity contribution in [1.29, 1.82) is 0 Å². The Hall–Kier alpha value is -0.980. The lowest BCUT2D eigenvalue weighted by Crippen LogP contribution is -2.07. The van der Waals surface area contributed by atoms with E-state index in [0.717, 1.165) is 19.4 Å². The van der Waals surface area contributed by atoms with Gasteiger partial charge in [0.2, 0.25) is 0 Å². The Kier molecular flexibility index (Phi) is 6.50. The summed E-state index contributed by atoms with van der Waals surface area (Å²) in [5.74, 6) is 0. The molecule has 0 aliphatic heterocycles. The van der Waals surface area contributed by atoms with E-state index in [1.54, 1.807) is 6.20 Å². The zero-order chi connectivity index (χ0) is 8.53. The van der Waals surface area contributed by atoms with Crippen LogP contribution < -0.4 is 5.32 Å². The number of nitrogens with one attached hydrogen (secondary N) is 1. The van der Waals surface area contributed by atoms with Crippen LogP contribution in [0.1, 0.15) is 19.8 Å². The second-order valence-electron chi connectivity index (χ2n) is 2.44. The minimum absolute atomic E-state index is 0.848. The van der Waals surface area contributed by atoms with Crippen molar-refractivity contribution in [2.75, 3.05) is 6.54 Å². The summed E-state index contributed by atoms with van der Waals surface area (Å²) in [6.07, 6.45) is 8.06. The average Bonchev–Trinajstić information content (AvgIpc) is 2.01. The van der Waals surface area contributed by atoms with Crippen molar-refractivity contribution in [3.05, 3.63) is 37.1 Å². The van der Waals surface area contributed by atoms with Crippen LogP contribution in [0.15, 0.2) is 37.1 Å². The molecule has 0 fully saturated rings. The fourth-order valence-electron chi connectivity index (χ4n) is 0.759. The van der Waals surface area contributed by atoms with E-state index < -0.39 is 0 Å². The molecule has 0 unspecified atom stereocenters. The molecule has 0 saturated carbocycles. The van der Waals surface area contributed by atoms with E-state index in [0.29, 0.717) is 0 Å². The molecule has 11 heavy (non-hydrogen) atoms. The molecule has 1 N–H and O–H groups in total. The molecule has 0 aromatic carbocycles. The first kappa shape index (κ1) is 10.0. The van der Waals surface area contributed by atoms with Crippen LogP contribution in [0.5, 0.6) is 0 Å². The first-order valence-electron chi connectivity index (χ1n) is 3.93. The summed E-state index contributed by atoms with van der Waals surface area (Å²) in [6, 6.07) is 0. The van der Waals surface area contributed by atoms with E-state index in [4.69, 9.17) is 0 Å². The number of allylic oxidation sites excluding steroid dienone is 2. The summed E-state index contributed by atoms with van der Waals surface area (Å²) in [7, 11) is 0. The second kappa shape index (κ2) is 7.13. The summed E-state index contributed by atoms with van der Waals surface area (Å²) < 4.78 is 0. The molecule has 0 atom stereocenters. The zero-order valence-electron chi connectivity index (χ0n) is 7.27. The van der Waals surface area contributed by atoms with Crippen LogP contribution in [0, 0.1) is 0 Å². The van der Waals surface area contributed by atoms with Gasteiger partial charge in [0.15, 0.2) is 0 Å². The first-order chi connectivity index (χ1) is 5.31. The van der Waals surface area contributed by atoms with Gasteiger partial charge in [0.25, 0.3) is 0 Å². The lowest BCUT2D eigenvalue weighted by atomic mass is 10.1. The Morgan fingerprint density at radius 2 is 2.27 bits per heavy atom. The van der Waals surface area contributed by atoms with Crippen molar-refractivity contribution in [1.82, 2.24) is 5.32 Å². The minimum Gasteiger partial charge on any atom is -0.388 e. The maximum absolute atomic E-state index is 3.92. The normalized spacial score (nSPS) is 9.91. The average molecular weight is 151 g/mol. The molecular formula is C10H17N. The summed E-state index contributed by atoms with van der Waals surface area (Å²) in [4.78, 5) is 0. The van der Waals surface area contributed by atoms with E-state index >= 15 is 0 Å². The van der Waals surface area contributed by atoms with Gasteiger partial charge in [-0.15, -0.1) is 0 Å². The topological polar surface area (TPSA) is 12.0 Å². The molecule has 0 saturated heterocycles. The van der Waals surface area contributed by atoms with Crippen molar-refractivity contribution in [3.63, 3.8) is 0 Å². The number of hydrogen-bond acceptors (Lipinski definition) is 1. The largest absolute Gasteiger partial charge is 0.388 e.